The van der Waals surface area contributed by atoms with Gasteiger partial charge in [-0.1, -0.05) is 0 Å². The van der Waals surface area contributed by atoms with E-state index < -0.39 is 24.2 Å². The van der Waals surface area contributed by atoms with Crippen molar-refractivity contribution >= 4 is 11.9 Å². The Labute approximate surface area is 64.9 Å². The molecule has 4 nitrogen and oxygen atoms in total. The van der Waals surface area contributed by atoms with Crippen molar-refractivity contribution in [2.45, 2.75) is 19.2 Å². The molecule has 1 atom stereocenters. The summed E-state index contributed by atoms with van der Waals surface area (Å²) >= 11 is 0. The Morgan fingerprint density at radius 2 is 1.83 bits per heavy atom. The molecular formula is C5H5F3O4. The third kappa shape index (κ3) is 3.33. The number of aliphatic hydroxyl groups is 1. The van der Waals surface area contributed by atoms with Crippen LogP contribution in [0.2, 0.25) is 0 Å². The van der Waals surface area contributed by atoms with E-state index in [0.29, 0.717) is 0 Å². The Balaban J connectivity index is 4.12. The molecule has 0 saturated heterocycles. The molecule has 0 rings (SSSR count). The molecule has 0 amide bonds. The lowest BCUT2D eigenvalue weighted by Crippen LogP contribution is -2.31. The van der Waals surface area contributed by atoms with E-state index in [0.717, 1.165) is 6.92 Å². The lowest BCUT2D eigenvalue weighted by molar-refractivity contribution is -0.204. The lowest BCUT2D eigenvalue weighted by Gasteiger charge is -2.06. The lowest BCUT2D eigenvalue weighted by atomic mass is 10.4. The van der Waals surface area contributed by atoms with Gasteiger partial charge in [0.25, 0.3) is 0 Å². The van der Waals surface area contributed by atoms with E-state index in [1.807, 2.05) is 0 Å². The summed E-state index contributed by atoms with van der Waals surface area (Å²) in [6, 6.07) is 0. The number of hydrogen-bond acceptors (Lipinski definition) is 4. The SMILES string of the molecule is CC(O)C(=O)OC(=O)C(F)(F)F. The number of halogens is 3. The Hall–Kier alpha value is -1.11. The minimum absolute atomic E-state index is 0.881. The van der Waals surface area contributed by atoms with E-state index in [1.54, 1.807) is 0 Å². The summed E-state index contributed by atoms with van der Waals surface area (Å²) in [6.45, 7) is 0.881. The largest absolute Gasteiger partial charge is 0.491 e. The average molecular weight is 186 g/mol. The number of esters is 2. The number of rotatable bonds is 1. The Morgan fingerprint density at radius 3 is 2.08 bits per heavy atom. The fraction of sp³-hybridized carbons (Fsp3) is 0.600. The average Bonchev–Trinajstić information content (AvgIpc) is 1.85. The molecule has 0 aliphatic carbocycles. The van der Waals surface area contributed by atoms with Gasteiger partial charge >= 0.3 is 18.1 Å². The third-order valence-electron chi connectivity index (χ3n) is 0.766. The molecule has 0 aromatic rings. The molecule has 0 heterocycles. The number of aliphatic hydroxyl groups excluding tert-OH is 1. The summed E-state index contributed by atoms with van der Waals surface area (Å²) in [5, 5.41) is 8.34. The molecule has 0 bridgehead atoms. The first-order valence-corrected chi connectivity index (χ1v) is 2.76. The van der Waals surface area contributed by atoms with Crippen LogP contribution in [0.15, 0.2) is 0 Å². The van der Waals surface area contributed by atoms with Crippen LogP contribution >= 0.6 is 0 Å². The van der Waals surface area contributed by atoms with Gasteiger partial charge in [0.15, 0.2) is 0 Å². The molecular weight excluding hydrogens is 181 g/mol. The summed E-state index contributed by atoms with van der Waals surface area (Å²) in [7, 11) is 0. The van der Waals surface area contributed by atoms with E-state index in [-0.39, 0.29) is 0 Å². The van der Waals surface area contributed by atoms with E-state index >= 15 is 0 Å². The second-order valence-electron chi connectivity index (χ2n) is 1.88. The molecule has 0 aromatic heterocycles. The molecule has 0 radical (unpaired) electrons. The molecule has 0 saturated carbocycles. The first-order valence-electron chi connectivity index (χ1n) is 2.76. The summed E-state index contributed by atoms with van der Waals surface area (Å²) in [5.74, 6) is -4.26. The van der Waals surface area contributed by atoms with Crippen molar-refractivity contribution in [1.82, 2.24) is 0 Å². The van der Waals surface area contributed by atoms with Crippen molar-refractivity contribution in [3.05, 3.63) is 0 Å². The Bertz CT molecular complexity index is 195. The maximum Gasteiger partial charge on any atom is 0.491 e. The van der Waals surface area contributed by atoms with Crippen LogP contribution < -0.4 is 0 Å². The highest BCUT2D eigenvalue weighted by atomic mass is 19.4. The van der Waals surface area contributed by atoms with Gasteiger partial charge in [-0.25, -0.2) is 9.59 Å². The normalized spacial score (nSPS) is 13.8. The zero-order valence-electron chi connectivity index (χ0n) is 5.88. The van der Waals surface area contributed by atoms with Crippen molar-refractivity contribution in [3.8, 4) is 0 Å². The van der Waals surface area contributed by atoms with Gasteiger partial charge < -0.3 is 9.84 Å². The topological polar surface area (TPSA) is 63.6 Å². The van der Waals surface area contributed by atoms with Gasteiger partial charge in [-0.05, 0) is 6.92 Å². The predicted molar refractivity (Wildman–Crippen MR) is 28.8 cm³/mol. The Morgan fingerprint density at radius 1 is 1.42 bits per heavy atom. The van der Waals surface area contributed by atoms with Crippen LogP contribution in [-0.2, 0) is 14.3 Å². The fourth-order valence-corrected chi connectivity index (χ4v) is 0.235. The molecule has 1 N–H and O–H groups in total. The molecule has 70 valence electrons. The summed E-state index contributed by atoms with van der Waals surface area (Å²) in [6.07, 6.45) is -6.97. The van der Waals surface area contributed by atoms with Crippen LogP contribution in [0.25, 0.3) is 0 Å². The van der Waals surface area contributed by atoms with Crippen molar-refractivity contribution in [3.63, 3.8) is 0 Å². The second kappa shape index (κ2) is 3.53. The zero-order valence-corrected chi connectivity index (χ0v) is 5.88. The minimum Gasteiger partial charge on any atom is -0.384 e. The number of hydrogen-bond donors (Lipinski definition) is 1. The van der Waals surface area contributed by atoms with Gasteiger partial charge in [0.05, 0.1) is 0 Å². The smallest absolute Gasteiger partial charge is 0.384 e. The van der Waals surface area contributed by atoms with Crippen LogP contribution in [-0.4, -0.2) is 29.3 Å². The highest BCUT2D eigenvalue weighted by molar-refractivity contribution is 5.90. The number of ether oxygens (including phenoxy) is 1. The monoisotopic (exact) mass is 186 g/mol. The van der Waals surface area contributed by atoms with Gasteiger partial charge in [0.1, 0.15) is 6.10 Å². The molecule has 0 fully saturated rings. The molecule has 0 aliphatic heterocycles. The van der Waals surface area contributed by atoms with Crippen LogP contribution in [0, 0.1) is 0 Å². The number of alkyl halides is 3. The molecule has 0 aromatic carbocycles. The van der Waals surface area contributed by atoms with Gasteiger partial charge in [-0.3, -0.25) is 0 Å². The van der Waals surface area contributed by atoms with Gasteiger partial charge in [0, 0.05) is 0 Å². The van der Waals surface area contributed by atoms with Crippen LogP contribution in [0.3, 0.4) is 0 Å². The van der Waals surface area contributed by atoms with Crippen LogP contribution in [0.4, 0.5) is 13.2 Å². The Kier molecular flexibility index (Phi) is 3.20. The first kappa shape index (κ1) is 10.9. The van der Waals surface area contributed by atoms with Crippen LogP contribution in [0.5, 0.6) is 0 Å². The van der Waals surface area contributed by atoms with Gasteiger partial charge in [-0.15, -0.1) is 0 Å². The standard InChI is InChI=1S/C5H5F3O4/c1-2(9)3(10)12-4(11)5(6,7)8/h2,9H,1H3. The number of carbonyl (C=O) groups excluding carboxylic acids is 2. The van der Waals surface area contributed by atoms with E-state index in [2.05, 4.69) is 4.74 Å². The van der Waals surface area contributed by atoms with Crippen molar-refractivity contribution in [2.24, 2.45) is 0 Å². The molecule has 0 spiro atoms. The zero-order chi connectivity index (χ0) is 9.94. The van der Waals surface area contributed by atoms with Crippen molar-refractivity contribution in [2.75, 3.05) is 0 Å². The van der Waals surface area contributed by atoms with Gasteiger partial charge in [0.2, 0.25) is 0 Å². The first-order chi connectivity index (χ1) is 5.25. The predicted octanol–water partition coefficient (Wildman–Crippen LogP) is -0.000700. The van der Waals surface area contributed by atoms with Crippen molar-refractivity contribution < 1.29 is 32.6 Å². The molecule has 7 heteroatoms. The number of carbonyl (C=O) groups is 2. The van der Waals surface area contributed by atoms with Gasteiger partial charge in [-0.2, -0.15) is 13.2 Å². The molecule has 1 unspecified atom stereocenters. The summed E-state index contributed by atoms with van der Waals surface area (Å²) < 4.78 is 37.3. The van der Waals surface area contributed by atoms with Crippen molar-refractivity contribution in [1.29, 1.82) is 0 Å². The van der Waals surface area contributed by atoms with E-state index in [4.69, 9.17) is 5.11 Å². The third-order valence-corrected chi connectivity index (χ3v) is 0.766. The van der Waals surface area contributed by atoms with E-state index in [1.165, 1.54) is 0 Å². The second-order valence-corrected chi connectivity index (χ2v) is 1.88. The minimum atomic E-state index is -5.22. The highest BCUT2D eigenvalue weighted by Gasteiger charge is 2.42. The highest BCUT2D eigenvalue weighted by Crippen LogP contribution is 2.16. The fourth-order valence-electron chi connectivity index (χ4n) is 0.235. The maximum absolute atomic E-state index is 11.4. The van der Waals surface area contributed by atoms with E-state index in [9.17, 15) is 22.8 Å². The maximum atomic E-state index is 11.4. The molecule has 0 aliphatic rings. The van der Waals surface area contributed by atoms with Crippen LogP contribution in [0.1, 0.15) is 6.92 Å². The quantitative estimate of drug-likeness (QED) is 0.462. The summed E-state index contributed by atoms with van der Waals surface area (Å²) in [4.78, 5) is 20.1. The summed E-state index contributed by atoms with van der Waals surface area (Å²) in [5.41, 5.74) is 0. The molecule has 12 heavy (non-hydrogen) atoms.